The molecule has 3 rings (SSSR count). The number of ether oxygens (including phenoxy) is 1. The number of nitrogens with one attached hydrogen (secondary N) is 3. The van der Waals surface area contributed by atoms with Gasteiger partial charge in [0.1, 0.15) is 5.75 Å². The summed E-state index contributed by atoms with van der Waals surface area (Å²) in [6.07, 6.45) is 0. The third-order valence-electron chi connectivity index (χ3n) is 3.19. The lowest BCUT2D eigenvalue weighted by Crippen LogP contribution is -2.11. The minimum absolute atomic E-state index is 0.291. The van der Waals surface area contributed by atoms with Gasteiger partial charge in [0.05, 0.1) is 23.2 Å². The van der Waals surface area contributed by atoms with E-state index in [1.165, 1.54) is 13.2 Å². The highest BCUT2D eigenvalue weighted by atomic mass is 35.5. The van der Waals surface area contributed by atoms with Crippen LogP contribution in [0.1, 0.15) is 10.4 Å². The molecule has 3 aromatic rings. The molecular formula is C15H12ClN3O3. The fraction of sp³-hybridized carbons (Fsp3) is 0.0667. The molecular weight excluding hydrogens is 306 g/mol. The van der Waals surface area contributed by atoms with Gasteiger partial charge in [-0.3, -0.25) is 4.79 Å². The van der Waals surface area contributed by atoms with Crippen LogP contribution in [0.15, 0.2) is 41.2 Å². The van der Waals surface area contributed by atoms with Crippen LogP contribution in [0.4, 0.5) is 5.69 Å². The number of benzene rings is 2. The number of imidazole rings is 1. The van der Waals surface area contributed by atoms with E-state index < -0.39 is 0 Å². The van der Waals surface area contributed by atoms with E-state index in [-0.39, 0.29) is 11.6 Å². The molecule has 1 heterocycles. The minimum atomic E-state index is -0.304. The summed E-state index contributed by atoms with van der Waals surface area (Å²) in [5, 5.41) is 3.11. The van der Waals surface area contributed by atoms with Gasteiger partial charge in [-0.15, -0.1) is 0 Å². The van der Waals surface area contributed by atoms with Gasteiger partial charge in [-0.25, -0.2) is 4.79 Å². The first kappa shape index (κ1) is 14.2. The Morgan fingerprint density at radius 3 is 2.64 bits per heavy atom. The maximum absolute atomic E-state index is 12.2. The lowest BCUT2D eigenvalue weighted by Gasteiger charge is -2.07. The number of methoxy groups -OCH3 is 1. The third-order valence-corrected chi connectivity index (χ3v) is 3.48. The van der Waals surface area contributed by atoms with Gasteiger partial charge >= 0.3 is 5.69 Å². The second-order valence-corrected chi connectivity index (χ2v) is 5.05. The number of H-pyrrole nitrogens is 2. The van der Waals surface area contributed by atoms with E-state index in [9.17, 15) is 9.59 Å². The number of hydrogen-bond donors (Lipinski definition) is 3. The summed E-state index contributed by atoms with van der Waals surface area (Å²) in [5.74, 6) is 0.200. The van der Waals surface area contributed by atoms with E-state index in [2.05, 4.69) is 15.3 Å². The molecule has 0 aliphatic rings. The third kappa shape index (κ3) is 2.68. The van der Waals surface area contributed by atoms with Crippen LogP contribution in [0, 0.1) is 0 Å². The quantitative estimate of drug-likeness (QED) is 0.694. The summed E-state index contributed by atoms with van der Waals surface area (Å²) >= 11 is 6.01. The summed E-state index contributed by atoms with van der Waals surface area (Å²) in [5.41, 5.74) is 1.99. The molecule has 3 N–H and O–H groups in total. The van der Waals surface area contributed by atoms with Gasteiger partial charge in [-0.05, 0) is 36.4 Å². The van der Waals surface area contributed by atoms with Crippen LogP contribution in [0.2, 0.25) is 5.02 Å². The van der Waals surface area contributed by atoms with Crippen LogP contribution in [-0.4, -0.2) is 23.0 Å². The Morgan fingerprint density at radius 2 is 1.91 bits per heavy atom. The number of carbonyl (C=O) groups excluding carboxylic acids is 1. The molecule has 0 saturated heterocycles. The van der Waals surface area contributed by atoms with Crippen molar-refractivity contribution in [2.75, 3.05) is 12.4 Å². The van der Waals surface area contributed by atoms with E-state index in [1.807, 2.05) is 0 Å². The molecule has 0 unspecified atom stereocenters. The smallest absolute Gasteiger partial charge is 0.323 e. The summed E-state index contributed by atoms with van der Waals surface area (Å²) in [7, 11) is 1.51. The van der Waals surface area contributed by atoms with Crippen molar-refractivity contribution < 1.29 is 9.53 Å². The Kier molecular flexibility index (Phi) is 3.60. The number of carbonyl (C=O) groups is 1. The largest absolute Gasteiger partial charge is 0.495 e. The fourth-order valence-electron chi connectivity index (χ4n) is 2.12. The molecule has 0 spiro atoms. The Morgan fingerprint density at radius 1 is 1.14 bits per heavy atom. The second-order valence-electron chi connectivity index (χ2n) is 4.64. The number of amides is 1. The lowest BCUT2D eigenvalue weighted by atomic mass is 10.2. The highest BCUT2D eigenvalue weighted by Crippen LogP contribution is 2.25. The Bertz CT molecular complexity index is 914. The van der Waals surface area contributed by atoms with E-state index >= 15 is 0 Å². The van der Waals surface area contributed by atoms with Crippen LogP contribution in [0.5, 0.6) is 5.75 Å². The highest BCUT2D eigenvalue weighted by Gasteiger charge is 2.10. The number of aromatic nitrogens is 2. The zero-order chi connectivity index (χ0) is 15.7. The van der Waals surface area contributed by atoms with E-state index in [0.29, 0.717) is 33.1 Å². The van der Waals surface area contributed by atoms with Crippen molar-refractivity contribution in [2.24, 2.45) is 0 Å². The molecule has 0 atom stereocenters. The van der Waals surface area contributed by atoms with Gasteiger partial charge in [0.25, 0.3) is 5.91 Å². The topological polar surface area (TPSA) is 87.0 Å². The zero-order valence-corrected chi connectivity index (χ0v) is 12.3. The van der Waals surface area contributed by atoms with Crippen LogP contribution >= 0.6 is 11.6 Å². The molecule has 1 aromatic heterocycles. The molecule has 0 aliphatic heterocycles. The van der Waals surface area contributed by atoms with Crippen molar-refractivity contribution in [3.8, 4) is 5.75 Å². The first-order valence-electron chi connectivity index (χ1n) is 6.44. The lowest BCUT2D eigenvalue weighted by molar-refractivity contribution is 0.102. The van der Waals surface area contributed by atoms with E-state index in [0.717, 1.165) is 0 Å². The first-order chi connectivity index (χ1) is 10.6. The zero-order valence-electron chi connectivity index (χ0n) is 11.6. The van der Waals surface area contributed by atoms with Crippen molar-refractivity contribution in [1.29, 1.82) is 0 Å². The van der Waals surface area contributed by atoms with Crippen LogP contribution in [0.3, 0.4) is 0 Å². The van der Waals surface area contributed by atoms with Gasteiger partial charge in [-0.1, -0.05) is 11.6 Å². The van der Waals surface area contributed by atoms with E-state index in [1.54, 1.807) is 30.3 Å². The normalized spacial score (nSPS) is 10.6. The minimum Gasteiger partial charge on any atom is -0.495 e. The monoisotopic (exact) mass is 317 g/mol. The van der Waals surface area contributed by atoms with Crippen molar-refractivity contribution >= 4 is 34.2 Å². The molecule has 0 bridgehead atoms. The molecule has 1 amide bonds. The van der Waals surface area contributed by atoms with Gasteiger partial charge in [0, 0.05) is 11.3 Å². The molecule has 0 aliphatic carbocycles. The molecule has 22 heavy (non-hydrogen) atoms. The molecule has 0 saturated carbocycles. The second kappa shape index (κ2) is 5.57. The van der Waals surface area contributed by atoms with Crippen molar-refractivity contribution in [3.05, 3.63) is 57.5 Å². The summed E-state index contributed by atoms with van der Waals surface area (Å²) in [6.45, 7) is 0. The SMILES string of the molecule is COc1ccc(C(=O)Nc2ccc3[nH]c(=O)[nH]c3c2)cc1Cl. The molecule has 7 heteroatoms. The molecule has 0 fully saturated rings. The molecule has 0 radical (unpaired) electrons. The number of anilines is 1. The maximum Gasteiger partial charge on any atom is 0.323 e. The van der Waals surface area contributed by atoms with Gasteiger partial charge < -0.3 is 20.0 Å². The molecule has 6 nitrogen and oxygen atoms in total. The van der Waals surface area contributed by atoms with Crippen LogP contribution in [-0.2, 0) is 0 Å². The number of aromatic amines is 2. The predicted molar refractivity (Wildman–Crippen MR) is 84.9 cm³/mol. The first-order valence-corrected chi connectivity index (χ1v) is 6.81. The Balaban J connectivity index is 1.85. The standard InChI is InChI=1S/C15H12ClN3O3/c1-22-13-5-2-8(6-10(13)16)14(20)17-9-3-4-11-12(7-9)19-15(21)18-11/h2-7H,1H3,(H,17,20)(H2,18,19,21). The molecule has 2 aromatic carbocycles. The Hall–Kier alpha value is -2.73. The van der Waals surface area contributed by atoms with Crippen molar-refractivity contribution in [1.82, 2.24) is 9.97 Å². The maximum atomic E-state index is 12.2. The average molecular weight is 318 g/mol. The van der Waals surface area contributed by atoms with Gasteiger partial charge in [-0.2, -0.15) is 0 Å². The summed E-state index contributed by atoms with van der Waals surface area (Å²) < 4.78 is 5.05. The molecule has 112 valence electrons. The highest BCUT2D eigenvalue weighted by molar-refractivity contribution is 6.32. The number of halogens is 1. The van der Waals surface area contributed by atoms with Crippen molar-refractivity contribution in [2.45, 2.75) is 0 Å². The fourth-order valence-corrected chi connectivity index (χ4v) is 2.38. The number of fused-ring (bicyclic) bond motifs is 1. The van der Waals surface area contributed by atoms with Gasteiger partial charge in [0.15, 0.2) is 0 Å². The number of rotatable bonds is 3. The Labute approximate surface area is 130 Å². The van der Waals surface area contributed by atoms with Crippen LogP contribution in [0.25, 0.3) is 11.0 Å². The summed E-state index contributed by atoms with van der Waals surface area (Å²) in [6, 6.07) is 9.88. The average Bonchev–Trinajstić information content (AvgIpc) is 2.86. The van der Waals surface area contributed by atoms with Crippen molar-refractivity contribution in [3.63, 3.8) is 0 Å². The van der Waals surface area contributed by atoms with Crippen LogP contribution < -0.4 is 15.7 Å². The summed E-state index contributed by atoms with van der Waals surface area (Å²) in [4.78, 5) is 28.7. The van der Waals surface area contributed by atoms with E-state index in [4.69, 9.17) is 16.3 Å². The predicted octanol–water partition coefficient (Wildman–Crippen LogP) is 2.77. The van der Waals surface area contributed by atoms with Gasteiger partial charge in [0.2, 0.25) is 0 Å². The number of hydrogen-bond acceptors (Lipinski definition) is 3.